The van der Waals surface area contributed by atoms with Crippen molar-refractivity contribution in [3.05, 3.63) is 39.9 Å². The van der Waals surface area contributed by atoms with E-state index in [1.807, 2.05) is 0 Å². The van der Waals surface area contributed by atoms with E-state index in [0.717, 1.165) is 17.8 Å². The smallest absolute Gasteiger partial charge is 0.338 e. The molecule has 0 bridgehead atoms. The van der Waals surface area contributed by atoms with E-state index in [0.29, 0.717) is 10.0 Å². The standard InChI is InChI=1S/C11H9ClN2O4S2/c1-20(16,17)8-4-2-7(3-5-8)11(15)18-6-9-10(12)19-14-13-9/h2-5H,6H2,1H3. The molecule has 0 saturated heterocycles. The van der Waals surface area contributed by atoms with Crippen LogP contribution in [-0.2, 0) is 21.2 Å². The number of sulfone groups is 1. The fraction of sp³-hybridized carbons (Fsp3) is 0.182. The van der Waals surface area contributed by atoms with Gasteiger partial charge in [-0.25, -0.2) is 13.2 Å². The molecule has 9 heteroatoms. The van der Waals surface area contributed by atoms with E-state index in [4.69, 9.17) is 16.3 Å². The van der Waals surface area contributed by atoms with E-state index in [1.54, 1.807) is 0 Å². The second kappa shape index (κ2) is 5.86. The summed E-state index contributed by atoms with van der Waals surface area (Å²) < 4.78 is 31.6. The number of ether oxygens (including phenoxy) is 1. The molecule has 0 aliphatic carbocycles. The van der Waals surface area contributed by atoms with Gasteiger partial charge in [-0.1, -0.05) is 16.1 Å². The van der Waals surface area contributed by atoms with Crippen LogP contribution in [-0.4, -0.2) is 30.2 Å². The predicted octanol–water partition coefficient (Wildman–Crippen LogP) is 1.95. The highest BCUT2D eigenvalue weighted by Gasteiger charge is 2.13. The zero-order valence-corrected chi connectivity index (χ0v) is 12.6. The molecule has 0 aliphatic heterocycles. The van der Waals surface area contributed by atoms with Gasteiger partial charge in [-0.3, -0.25) is 0 Å². The summed E-state index contributed by atoms with van der Waals surface area (Å²) >= 11 is 6.78. The molecule has 1 aromatic heterocycles. The first kappa shape index (κ1) is 14.9. The van der Waals surface area contributed by atoms with Gasteiger partial charge in [0.25, 0.3) is 0 Å². The van der Waals surface area contributed by atoms with Crippen molar-refractivity contribution in [3.63, 3.8) is 0 Å². The van der Waals surface area contributed by atoms with Gasteiger partial charge in [-0.15, -0.1) is 5.10 Å². The molecule has 1 aromatic carbocycles. The summed E-state index contributed by atoms with van der Waals surface area (Å²) in [5.74, 6) is -0.589. The van der Waals surface area contributed by atoms with Crippen LogP contribution in [0.2, 0.25) is 4.34 Å². The van der Waals surface area contributed by atoms with Gasteiger partial charge < -0.3 is 4.74 Å². The molecular formula is C11H9ClN2O4S2. The maximum Gasteiger partial charge on any atom is 0.338 e. The lowest BCUT2D eigenvalue weighted by Gasteiger charge is -2.04. The first-order chi connectivity index (χ1) is 9.38. The number of hydrogen-bond acceptors (Lipinski definition) is 7. The first-order valence-corrected chi connectivity index (χ1v) is 8.36. The second-order valence-electron chi connectivity index (χ2n) is 3.87. The number of rotatable bonds is 4. The molecule has 0 saturated carbocycles. The van der Waals surface area contributed by atoms with E-state index in [1.165, 1.54) is 24.3 Å². The number of carbonyl (C=O) groups is 1. The van der Waals surface area contributed by atoms with Crippen molar-refractivity contribution < 1.29 is 17.9 Å². The van der Waals surface area contributed by atoms with Crippen LogP contribution in [0, 0.1) is 0 Å². The van der Waals surface area contributed by atoms with Crippen molar-refractivity contribution in [2.24, 2.45) is 0 Å². The average Bonchev–Trinajstić information content (AvgIpc) is 2.81. The molecule has 106 valence electrons. The van der Waals surface area contributed by atoms with Crippen molar-refractivity contribution >= 4 is 38.9 Å². The summed E-state index contributed by atoms with van der Waals surface area (Å²) in [5, 5.41) is 3.71. The number of benzene rings is 1. The van der Waals surface area contributed by atoms with E-state index in [9.17, 15) is 13.2 Å². The van der Waals surface area contributed by atoms with Gasteiger partial charge in [-0.2, -0.15) is 0 Å². The molecule has 0 amide bonds. The fourth-order valence-electron chi connectivity index (χ4n) is 1.34. The van der Waals surface area contributed by atoms with Gasteiger partial charge in [0.2, 0.25) is 0 Å². The van der Waals surface area contributed by atoms with Gasteiger partial charge >= 0.3 is 5.97 Å². The van der Waals surface area contributed by atoms with Gasteiger partial charge in [0, 0.05) is 17.8 Å². The molecular weight excluding hydrogens is 324 g/mol. The van der Waals surface area contributed by atoms with Crippen LogP contribution >= 0.6 is 23.1 Å². The Balaban J connectivity index is 2.05. The molecule has 20 heavy (non-hydrogen) atoms. The van der Waals surface area contributed by atoms with Crippen LogP contribution in [0.25, 0.3) is 0 Å². The minimum absolute atomic E-state index is 0.0814. The molecule has 0 fully saturated rings. The molecule has 0 radical (unpaired) electrons. The maximum atomic E-state index is 11.8. The minimum Gasteiger partial charge on any atom is -0.455 e. The summed E-state index contributed by atoms with van der Waals surface area (Å²) in [6.45, 7) is -0.0814. The van der Waals surface area contributed by atoms with Crippen LogP contribution in [0.3, 0.4) is 0 Å². The zero-order chi connectivity index (χ0) is 14.8. The Morgan fingerprint density at radius 3 is 2.50 bits per heavy atom. The summed E-state index contributed by atoms with van der Waals surface area (Å²) in [7, 11) is -3.29. The normalized spacial score (nSPS) is 11.3. The Hall–Kier alpha value is -1.51. The van der Waals surface area contributed by atoms with Crippen molar-refractivity contribution in [3.8, 4) is 0 Å². The minimum atomic E-state index is -3.29. The third-order valence-electron chi connectivity index (χ3n) is 2.37. The molecule has 0 aliphatic rings. The van der Waals surface area contributed by atoms with Crippen LogP contribution < -0.4 is 0 Å². The Labute approximate surface area is 124 Å². The lowest BCUT2D eigenvalue weighted by molar-refractivity contribution is 0.0468. The van der Waals surface area contributed by atoms with E-state index >= 15 is 0 Å². The number of nitrogens with zero attached hydrogens (tertiary/aromatic N) is 2. The quantitative estimate of drug-likeness (QED) is 0.795. The SMILES string of the molecule is CS(=O)(=O)c1ccc(C(=O)OCc2nnsc2Cl)cc1. The van der Waals surface area contributed by atoms with Crippen molar-refractivity contribution in [2.75, 3.05) is 6.26 Å². The third kappa shape index (κ3) is 3.53. The van der Waals surface area contributed by atoms with Crippen molar-refractivity contribution in [1.82, 2.24) is 9.59 Å². The van der Waals surface area contributed by atoms with Crippen LogP contribution in [0.15, 0.2) is 29.2 Å². The largest absolute Gasteiger partial charge is 0.455 e. The third-order valence-corrected chi connectivity index (χ3v) is 4.48. The molecule has 0 N–H and O–H groups in total. The fourth-order valence-corrected chi connectivity index (χ4v) is 2.57. The Morgan fingerprint density at radius 2 is 2.00 bits per heavy atom. The summed E-state index contributed by atoms with van der Waals surface area (Å²) in [5.41, 5.74) is 0.634. The Morgan fingerprint density at radius 1 is 1.35 bits per heavy atom. The number of carbonyl (C=O) groups excluding carboxylic acids is 1. The molecule has 0 unspecified atom stereocenters. The summed E-state index contributed by atoms with van der Waals surface area (Å²) in [6.07, 6.45) is 1.09. The lowest BCUT2D eigenvalue weighted by Crippen LogP contribution is -2.06. The van der Waals surface area contributed by atoms with E-state index < -0.39 is 15.8 Å². The predicted molar refractivity (Wildman–Crippen MR) is 73.6 cm³/mol. The number of hydrogen-bond donors (Lipinski definition) is 0. The van der Waals surface area contributed by atoms with Crippen molar-refractivity contribution in [1.29, 1.82) is 0 Å². The first-order valence-electron chi connectivity index (χ1n) is 5.32. The topological polar surface area (TPSA) is 86.2 Å². The van der Waals surface area contributed by atoms with E-state index in [-0.39, 0.29) is 17.1 Å². The molecule has 0 atom stereocenters. The average molecular weight is 333 g/mol. The van der Waals surface area contributed by atoms with Gasteiger partial charge in [0.15, 0.2) is 9.84 Å². The molecule has 6 nitrogen and oxygen atoms in total. The van der Waals surface area contributed by atoms with Gasteiger partial charge in [0.05, 0.1) is 10.5 Å². The molecule has 0 spiro atoms. The highest BCUT2D eigenvalue weighted by atomic mass is 35.5. The Bertz CT molecular complexity index is 725. The van der Waals surface area contributed by atoms with Crippen LogP contribution in [0.4, 0.5) is 0 Å². The van der Waals surface area contributed by atoms with Gasteiger partial charge in [0.1, 0.15) is 16.6 Å². The number of esters is 1. The van der Waals surface area contributed by atoms with Crippen LogP contribution in [0.1, 0.15) is 16.1 Å². The summed E-state index contributed by atoms with van der Waals surface area (Å²) in [6, 6.07) is 5.48. The summed E-state index contributed by atoms with van der Waals surface area (Å²) in [4.78, 5) is 11.9. The van der Waals surface area contributed by atoms with Crippen molar-refractivity contribution in [2.45, 2.75) is 11.5 Å². The Kier molecular flexibility index (Phi) is 4.36. The number of aromatic nitrogens is 2. The van der Waals surface area contributed by atoms with Gasteiger partial charge in [-0.05, 0) is 24.3 Å². The molecule has 2 aromatic rings. The maximum absolute atomic E-state index is 11.8. The lowest BCUT2D eigenvalue weighted by atomic mass is 10.2. The monoisotopic (exact) mass is 332 g/mol. The van der Waals surface area contributed by atoms with E-state index in [2.05, 4.69) is 9.59 Å². The highest BCUT2D eigenvalue weighted by molar-refractivity contribution is 7.90. The van der Waals surface area contributed by atoms with Crippen LogP contribution in [0.5, 0.6) is 0 Å². The highest BCUT2D eigenvalue weighted by Crippen LogP contribution is 2.18. The second-order valence-corrected chi connectivity index (χ2v) is 7.24. The molecule has 2 rings (SSSR count). The zero-order valence-electron chi connectivity index (χ0n) is 10.2. The number of halogens is 1. The molecule has 1 heterocycles.